The summed E-state index contributed by atoms with van der Waals surface area (Å²) in [7, 11) is 0. The number of morpholine rings is 1. The first-order valence-electron chi connectivity index (χ1n) is 9.85. The van der Waals surface area contributed by atoms with Crippen LogP contribution in [0.15, 0.2) is 41.9 Å². The van der Waals surface area contributed by atoms with Gasteiger partial charge in [-0.2, -0.15) is 0 Å². The maximum Gasteiger partial charge on any atom is 0.194 e. The first kappa shape index (κ1) is 22.7. The number of halogens is 1. The van der Waals surface area contributed by atoms with E-state index in [1.165, 1.54) is 16.7 Å². The van der Waals surface area contributed by atoms with E-state index in [4.69, 9.17) is 9.73 Å². The zero-order valence-corrected chi connectivity index (χ0v) is 19.4. The zero-order chi connectivity index (χ0) is 19.1. The Balaban J connectivity index is 0.00000280. The van der Waals surface area contributed by atoms with Crippen LogP contribution in [0.2, 0.25) is 0 Å². The van der Waals surface area contributed by atoms with Crippen LogP contribution in [0.5, 0.6) is 0 Å². The summed E-state index contributed by atoms with van der Waals surface area (Å²) in [5.41, 5.74) is 3.86. The van der Waals surface area contributed by atoms with Crippen molar-refractivity contribution in [3.8, 4) is 0 Å². The molecule has 1 aromatic heterocycles. The largest absolute Gasteiger partial charge is 0.370 e. The van der Waals surface area contributed by atoms with Gasteiger partial charge >= 0.3 is 0 Å². The Morgan fingerprint density at radius 3 is 2.93 bits per heavy atom. The minimum absolute atomic E-state index is 0. The second kappa shape index (κ2) is 11.4. The number of hydrogen-bond donors (Lipinski definition) is 1. The fourth-order valence-corrected chi connectivity index (χ4v) is 3.50. The average molecular weight is 497 g/mol. The summed E-state index contributed by atoms with van der Waals surface area (Å²) in [6.07, 6.45) is 6.75. The molecule has 1 fully saturated rings. The highest BCUT2D eigenvalue weighted by molar-refractivity contribution is 14.0. The Hall–Kier alpha value is -1.61. The highest BCUT2D eigenvalue weighted by atomic mass is 127. The molecule has 6 nitrogen and oxygen atoms in total. The van der Waals surface area contributed by atoms with Gasteiger partial charge in [0, 0.05) is 38.6 Å². The molecule has 154 valence electrons. The maximum absolute atomic E-state index is 6.08. The van der Waals surface area contributed by atoms with Gasteiger partial charge in [-0.3, -0.25) is 4.99 Å². The van der Waals surface area contributed by atoms with Gasteiger partial charge in [0.2, 0.25) is 0 Å². The maximum atomic E-state index is 6.08. The molecular weight excluding hydrogens is 465 g/mol. The van der Waals surface area contributed by atoms with Gasteiger partial charge in [0.15, 0.2) is 5.96 Å². The Labute approximate surface area is 185 Å². The molecule has 0 spiro atoms. The molecule has 2 aromatic rings. The number of aryl methyl sites for hydroxylation is 3. The molecule has 0 radical (unpaired) electrons. The number of nitrogens with one attached hydrogen (secondary N) is 1. The van der Waals surface area contributed by atoms with Gasteiger partial charge in [0.1, 0.15) is 6.10 Å². The topological polar surface area (TPSA) is 54.7 Å². The van der Waals surface area contributed by atoms with Crippen molar-refractivity contribution in [2.75, 3.05) is 32.8 Å². The number of nitrogens with zero attached hydrogens (tertiary/aromatic N) is 4. The van der Waals surface area contributed by atoms with Crippen LogP contribution in [0.3, 0.4) is 0 Å². The minimum atomic E-state index is 0. The van der Waals surface area contributed by atoms with Crippen molar-refractivity contribution in [1.29, 1.82) is 0 Å². The molecule has 0 saturated carbocycles. The normalized spacial score (nSPS) is 17.3. The van der Waals surface area contributed by atoms with E-state index in [1.807, 2.05) is 18.7 Å². The van der Waals surface area contributed by atoms with Crippen LogP contribution in [0.25, 0.3) is 0 Å². The molecule has 7 heteroatoms. The predicted octanol–water partition coefficient (Wildman–Crippen LogP) is 3.55. The lowest BCUT2D eigenvalue weighted by Gasteiger charge is -2.36. The molecule has 1 N–H and O–H groups in total. The van der Waals surface area contributed by atoms with Crippen molar-refractivity contribution in [2.45, 2.75) is 39.8 Å². The van der Waals surface area contributed by atoms with Gasteiger partial charge in [-0.25, -0.2) is 4.98 Å². The summed E-state index contributed by atoms with van der Waals surface area (Å²) in [4.78, 5) is 11.3. The SMILES string of the molecule is CCNC(=NCCCn1ccnc1)N1CCOC(c2ccc(C)cc2C)C1.I. The summed E-state index contributed by atoms with van der Waals surface area (Å²) in [5, 5.41) is 3.44. The van der Waals surface area contributed by atoms with E-state index in [-0.39, 0.29) is 30.1 Å². The smallest absolute Gasteiger partial charge is 0.194 e. The molecule has 1 unspecified atom stereocenters. The van der Waals surface area contributed by atoms with Crippen LogP contribution < -0.4 is 5.32 Å². The van der Waals surface area contributed by atoms with Gasteiger partial charge in [0.05, 0.1) is 19.5 Å². The van der Waals surface area contributed by atoms with Crippen molar-refractivity contribution in [1.82, 2.24) is 19.8 Å². The summed E-state index contributed by atoms with van der Waals surface area (Å²) >= 11 is 0. The second-order valence-electron chi connectivity index (χ2n) is 7.06. The average Bonchev–Trinajstić information content (AvgIpc) is 3.18. The van der Waals surface area contributed by atoms with Gasteiger partial charge in [0.25, 0.3) is 0 Å². The molecule has 2 heterocycles. The monoisotopic (exact) mass is 497 g/mol. The number of rotatable bonds is 6. The van der Waals surface area contributed by atoms with Crippen molar-refractivity contribution in [3.63, 3.8) is 0 Å². The van der Waals surface area contributed by atoms with E-state index in [1.54, 1.807) is 0 Å². The lowest BCUT2D eigenvalue weighted by molar-refractivity contribution is -0.00833. The van der Waals surface area contributed by atoms with Crippen molar-refractivity contribution >= 4 is 29.9 Å². The van der Waals surface area contributed by atoms with Gasteiger partial charge in [-0.15, -0.1) is 24.0 Å². The fraction of sp³-hybridized carbons (Fsp3) is 0.524. The summed E-state index contributed by atoms with van der Waals surface area (Å²) in [5.74, 6) is 0.987. The minimum Gasteiger partial charge on any atom is -0.370 e. The Bertz CT molecular complexity index is 747. The lowest BCUT2D eigenvalue weighted by Crippen LogP contribution is -2.48. The molecule has 28 heavy (non-hydrogen) atoms. The van der Waals surface area contributed by atoms with Crippen LogP contribution in [-0.4, -0.2) is 53.2 Å². The molecule has 0 bridgehead atoms. The number of imidazole rings is 1. The third-order valence-electron chi connectivity index (χ3n) is 4.87. The molecular formula is C21H32IN5O. The zero-order valence-electron chi connectivity index (χ0n) is 17.1. The number of aliphatic imine (C=N–C) groups is 1. The first-order valence-corrected chi connectivity index (χ1v) is 9.85. The molecule has 1 aromatic carbocycles. The standard InChI is InChI=1S/C21H31N5O.HI/c1-4-23-21(24-8-5-10-25-11-9-22-16-25)26-12-13-27-20(15-26)19-7-6-17(2)14-18(19)3;/h6-7,9,11,14,16,20H,4-5,8,10,12-13,15H2,1-3H3,(H,23,24);1H. The third-order valence-corrected chi connectivity index (χ3v) is 4.87. The predicted molar refractivity (Wildman–Crippen MR) is 124 cm³/mol. The van der Waals surface area contributed by atoms with Crippen LogP contribution in [0, 0.1) is 13.8 Å². The summed E-state index contributed by atoms with van der Waals surface area (Å²) in [6, 6.07) is 6.60. The van der Waals surface area contributed by atoms with Crippen LogP contribution in [-0.2, 0) is 11.3 Å². The van der Waals surface area contributed by atoms with Gasteiger partial charge in [-0.1, -0.05) is 23.8 Å². The molecule has 3 rings (SSSR count). The highest BCUT2D eigenvalue weighted by Crippen LogP contribution is 2.25. The third kappa shape index (κ3) is 6.20. The van der Waals surface area contributed by atoms with Crippen LogP contribution in [0.1, 0.15) is 36.1 Å². The lowest BCUT2D eigenvalue weighted by atomic mass is 10.00. The number of ether oxygens (including phenoxy) is 1. The first-order chi connectivity index (χ1) is 13.2. The number of hydrogen-bond acceptors (Lipinski definition) is 3. The molecule has 1 aliphatic heterocycles. The van der Waals surface area contributed by atoms with Crippen molar-refractivity contribution in [3.05, 3.63) is 53.6 Å². The fourth-order valence-electron chi connectivity index (χ4n) is 3.50. The quantitative estimate of drug-likeness (QED) is 0.287. The number of benzene rings is 1. The summed E-state index contributed by atoms with van der Waals surface area (Å²) < 4.78 is 8.17. The Kier molecular flexibility index (Phi) is 9.24. The summed E-state index contributed by atoms with van der Waals surface area (Å²) in [6.45, 7) is 11.4. The molecule has 1 aliphatic rings. The Morgan fingerprint density at radius 2 is 2.21 bits per heavy atom. The van der Waals surface area contributed by atoms with E-state index >= 15 is 0 Å². The van der Waals surface area contributed by atoms with Gasteiger partial charge < -0.3 is 19.5 Å². The van der Waals surface area contributed by atoms with E-state index in [9.17, 15) is 0 Å². The van der Waals surface area contributed by atoms with E-state index in [2.05, 4.69) is 58.7 Å². The van der Waals surface area contributed by atoms with E-state index < -0.39 is 0 Å². The molecule has 0 aliphatic carbocycles. The number of aromatic nitrogens is 2. The molecule has 0 amide bonds. The van der Waals surface area contributed by atoms with E-state index in [0.29, 0.717) is 0 Å². The van der Waals surface area contributed by atoms with Crippen molar-refractivity contribution < 1.29 is 4.74 Å². The van der Waals surface area contributed by atoms with E-state index in [0.717, 1.165) is 51.7 Å². The molecule has 1 saturated heterocycles. The van der Waals surface area contributed by atoms with Crippen LogP contribution in [0.4, 0.5) is 0 Å². The molecule has 1 atom stereocenters. The van der Waals surface area contributed by atoms with Crippen molar-refractivity contribution in [2.24, 2.45) is 4.99 Å². The highest BCUT2D eigenvalue weighted by Gasteiger charge is 2.25. The number of guanidine groups is 1. The van der Waals surface area contributed by atoms with Crippen LogP contribution >= 0.6 is 24.0 Å². The second-order valence-corrected chi connectivity index (χ2v) is 7.06. The Morgan fingerprint density at radius 1 is 1.36 bits per heavy atom. The van der Waals surface area contributed by atoms with Gasteiger partial charge in [-0.05, 0) is 38.3 Å².